The second kappa shape index (κ2) is 13.5. The highest BCUT2D eigenvalue weighted by atomic mass is 16.6. The zero-order chi connectivity index (χ0) is 25.8. The van der Waals surface area contributed by atoms with Crippen LogP contribution in [0.25, 0.3) is 0 Å². The van der Waals surface area contributed by atoms with Crippen molar-refractivity contribution < 1.29 is 28.5 Å². The minimum atomic E-state index is -0.515. The van der Waals surface area contributed by atoms with Crippen molar-refractivity contribution in [3.8, 4) is 23.0 Å². The minimum Gasteiger partial charge on any atom is -0.494 e. The second-order valence-corrected chi connectivity index (χ2v) is 7.56. The predicted molar refractivity (Wildman–Crippen MR) is 137 cm³/mol. The molecule has 3 aromatic carbocycles. The quantitative estimate of drug-likeness (QED) is 0.161. The van der Waals surface area contributed by atoms with Crippen LogP contribution in [-0.2, 0) is 0 Å². The third kappa shape index (κ3) is 7.59. The first-order valence-electron chi connectivity index (χ1n) is 11.8. The summed E-state index contributed by atoms with van der Waals surface area (Å²) < 4.78 is 22.1. The normalized spacial score (nSPS) is 10.6. The van der Waals surface area contributed by atoms with E-state index in [0.29, 0.717) is 53.8 Å². The number of esters is 1. The van der Waals surface area contributed by atoms with Crippen LogP contribution in [-0.4, -0.2) is 37.9 Å². The van der Waals surface area contributed by atoms with Gasteiger partial charge >= 0.3 is 5.97 Å². The Labute approximate surface area is 210 Å². The summed E-state index contributed by atoms with van der Waals surface area (Å²) in [6.45, 7) is 7.30. The van der Waals surface area contributed by atoms with Crippen LogP contribution < -0.4 is 24.4 Å². The molecule has 188 valence electrons. The fourth-order valence-electron chi connectivity index (χ4n) is 3.12. The maximum absolute atomic E-state index is 12.6. The van der Waals surface area contributed by atoms with Crippen molar-refractivity contribution >= 4 is 18.1 Å². The molecule has 0 bridgehead atoms. The Morgan fingerprint density at radius 2 is 1.42 bits per heavy atom. The van der Waals surface area contributed by atoms with Crippen LogP contribution in [0.5, 0.6) is 23.0 Å². The van der Waals surface area contributed by atoms with E-state index in [0.717, 1.165) is 6.42 Å². The molecule has 1 amide bonds. The van der Waals surface area contributed by atoms with Gasteiger partial charge in [-0.15, -0.1) is 0 Å². The molecule has 0 saturated carbocycles. The number of hydrogen-bond acceptors (Lipinski definition) is 7. The lowest BCUT2D eigenvalue weighted by atomic mass is 10.2. The van der Waals surface area contributed by atoms with Crippen molar-refractivity contribution in [2.45, 2.75) is 27.2 Å². The monoisotopic (exact) mass is 490 g/mol. The number of carbonyl (C=O) groups excluding carboxylic acids is 2. The number of nitrogens with one attached hydrogen (secondary N) is 1. The molecule has 0 aromatic heterocycles. The molecule has 3 aromatic rings. The largest absolute Gasteiger partial charge is 0.494 e. The predicted octanol–water partition coefficient (Wildman–Crippen LogP) is 5.26. The molecule has 0 aliphatic carbocycles. The number of ether oxygens (including phenoxy) is 4. The van der Waals surface area contributed by atoms with Crippen LogP contribution in [0.1, 0.15) is 53.5 Å². The van der Waals surface area contributed by atoms with E-state index in [9.17, 15) is 9.59 Å². The number of hydrogen-bond donors (Lipinski definition) is 1. The van der Waals surface area contributed by atoms with E-state index in [4.69, 9.17) is 18.9 Å². The standard InChI is InChI=1S/C28H30N2O6/c1-4-17-35-24-12-8-21(9-13-24)27(31)30-29-19-20-7-16-25(26(18-20)34-6-3)36-28(32)22-10-14-23(15-11-22)33-5-2/h7-16,18-19H,4-6,17H2,1-3H3,(H,30,31)/b29-19+. The van der Waals surface area contributed by atoms with Gasteiger partial charge < -0.3 is 18.9 Å². The van der Waals surface area contributed by atoms with Crippen molar-refractivity contribution in [3.63, 3.8) is 0 Å². The maximum Gasteiger partial charge on any atom is 0.343 e. The van der Waals surface area contributed by atoms with E-state index in [1.165, 1.54) is 6.21 Å². The fraction of sp³-hybridized carbons (Fsp3) is 0.250. The Hall–Kier alpha value is -4.33. The molecule has 0 saturated heterocycles. The molecule has 0 atom stereocenters. The summed E-state index contributed by atoms with van der Waals surface area (Å²) in [7, 11) is 0. The van der Waals surface area contributed by atoms with Crippen LogP contribution in [0.15, 0.2) is 71.8 Å². The minimum absolute atomic E-state index is 0.280. The van der Waals surface area contributed by atoms with Crippen molar-refractivity contribution in [2.75, 3.05) is 19.8 Å². The Morgan fingerprint density at radius 1 is 0.778 bits per heavy atom. The molecule has 0 heterocycles. The first-order valence-corrected chi connectivity index (χ1v) is 11.8. The first-order chi connectivity index (χ1) is 17.5. The van der Waals surface area contributed by atoms with E-state index in [2.05, 4.69) is 10.5 Å². The van der Waals surface area contributed by atoms with Crippen molar-refractivity contribution in [1.82, 2.24) is 5.43 Å². The van der Waals surface area contributed by atoms with Gasteiger partial charge in [0.15, 0.2) is 11.5 Å². The summed E-state index contributed by atoms with van der Waals surface area (Å²) in [6, 6.07) is 18.6. The van der Waals surface area contributed by atoms with E-state index >= 15 is 0 Å². The topological polar surface area (TPSA) is 95.5 Å². The summed E-state index contributed by atoms with van der Waals surface area (Å²) in [4.78, 5) is 24.9. The van der Waals surface area contributed by atoms with E-state index in [-0.39, 0.29) is 11.7 Å². The average Bonchev–Trinajstić information content (AvgIpc) is 2.90. The lowest BCUT2D eigenvalue weighted by molar-refractivity contribution is 0.0728. The third-order valence-electron chi connectivity index (χ3n) is 4.84. The van der Waals surface area contributed by atoms with Gasteiger partial charge in [-0.1, -0.05) is 6.92 Å². The lowest BCUT2D eigenvalue weighted by Crippen LogP contribution is -2.17. The van der Waals surface area contributed by atoms with E-state index in [1.54, 1.807) is 66.7 Å². The molecule has 8 nitrogen and oxygen atoms in total. The number of hydrazone groups is 1. The summed E-state index contributed by atoms with van der Waals surface area (Å²) >= 11 is 0. The Balaban J connectivity index is 1.63. The van der Waals surface area contributed by atoms with Gasteiger partial charge in [0.2, 0.25) is 0 Å². The van der Waals surface area contributed by atoms with Crippen molar-refractivity contribution in [3.05, 3.63) is 83.4 Å². The van der Waals surface area contributed by atoms with Gasteiger partial charge in [-0.3, -0.25) is 4.79 Å². The molecule has 8 heteroatoms. The molecule has 3 rings (SSSR count). The Bertz CT molecular complexity index is 1170. The number of benzene rings is 3. The number of amides is 1. The number of rotatable bonds is 12. The first kappa shape index (κ1) is 26.3. The lowest BCUT2D eigenvalue weighted by Gasteiger charge is -2.11. The van der Waals surface area contributed by atoms with Gasteiger partial charge in [0.05, 0.1) is 31.6 Å². The highest BCUT2D eigenvalue weighted by Crippen LogP contribution is 2.29. The van der Waals surface area contributed by atoms with Crippen molar-refractivity contribution in [2.24, 2.45) is 5.10 Å². The van der Waals surface area contributed by atoms with Crippen LogP contribution in [0.3, 0.4) is 0 Å². The van der Waals surface area contributed by atoms with Crippen LogP contribution in [0.2, 0.25) is 0 Å². The molecule has 0 aliphatic heterocycles. The molecule has 0 radical (unpaired) electrons. The van der Waals surface area contributed by atoms with E-state index < -0.39 is 5.97 Å². The summed E-state index contributed by atoms with van der Waals surface area (Å²) in [6.07, 6.45) is 2.39. The Kier molecular flexibility index (Phi) is 9.88. The van der Waals surface area contributed by atoms with Gasteiger partial charge in [0.1, 0.15) is 11.5 Å². The highest BCUT2D eigenvalue weighted by molar-refractivity contribution is 5.95. The molecule has 0 fully saturated rings. The summed E-state index contributed by atoms with van der Waals surface area (Å²) in [5.41, 5.74) is 4.00. The highest BCUT2D eigenvalue weighted by Gasteiger charge is 2.13. The summed E-state index contributed by atoms with van der Waals surface area (Å²) in [5.74, 6) is 1.19. The van der Waals surface area contributed by atoms with Crippen molar-refractivity contribution in [1.29, 1.82) is 0 Å². The molecular weight excluding hydrogens is 460 g/mol. The molecule has 1 N–H and O–H groups in total. The number of carbonyl (C=O) groups is 2. The SMILES string of the molecule is CCCOc1ccc(C(=O)N/N=C/c2ccc(OC(=O)c3ccc(OCC)cc3)c(OCC)c2)cc1. The molecular formula is C28H30N2O6. The number of nitrogens with zero attached hydrogens (tertiary/aromatic N) is 1. The third-order valence-corrected chi connectivity index (χ3v) is 4.84. The molecule has 0 spiro atoms. The smallest absolute Gasteiger partial charge is 0.343 e. The Morgan fingerprint density at radius 3 is 2.06 bits per heavy atom. The second-order valence-electron chi connectivity index (χ2n) is 7.56. The zero-order valence-corrected chi connectivity index (χ0v) is 20.7. The van der Waals surface area contributed by atoms with Crippen LogP contribution in [0.4, 0.5) is 0 Å². The summed E-state index contributed by atoms with van der Waals surface area (Å²) in [5, 5.41) is 4.02. The zero-order valence-electron chi connectivity index (χ0n) is 20.7. The van der Waals surface area contributed by atoms with Gasteiger partial charge in [0.25, 0.3) is 5.91 Å². The van der Waals surface area contributed by atoms with Crippen LogP contribution in [0, 0.1) is 0 Å². The molecule has 0 aliphatic rings. The molecule has 0 unspecified atom stereocenters. The fourth-order valence-corrected chi connectivity index (χ4v) is 3.12. The van der Waals surface area contributed by atoms with Gasteiger partial charge in [-0.05, 0) is 92.6 Å². The average molecular weight is 491 g/mol. The van der Waals surface area contributed by atoms with Crippen LogP contribution >= 0.6 is 0 Å². The van der Waals surface area contributed by atoms with Gasteiger partial charge in [-0.2, -0.15) is 5.10 Å². The van der Waals surface area contributed by atoms with E-state index in [1.807, 2.05) is 20.8 Å². The molecule has 36 heavy (non-hydrogen) atoms. The maximum atomic E-state index is 12.6. The van der Waals surface area contributed by atoms with Gasteiger partial charge in [-0.25, -0.2) is 10.2 Å². The van der Waals surface area contributed by atoms with Gasteiger partial charge in [0, 0.05) is 5.56 Å².